The Balaban J connectivity index is 1.73. The summed E-state index contributed by atoms with van der Waals surface area (Å²) in [5, 5.41) is 0. The van der Waals surface area contributed by atoms with Gasteiger partial charge in [0.05, 0.1) is 0 Å². The molecule has 0 fully saturated rings. The number of thioether (sulfide) groups is 1. The lowest BCUT2D eigenvalue weighted by Gasteiger charge is -2.23. The molecule has 3 aromatic carbocycles. The fraction of sp³-hybridized carbons (Fsp3) is 0.200. The largest absolute Gasteiger partial charge is 0.486 e. The van der Waals surface area contributed by atoms with Crippen molar-refractivity contribution in [1.82, 2.24) is 0 Å². The van der Waals surface area contributed by atoms with Gasteiger partial charge < -0.3 is 9.47 Å². The quantitative estimate of drug-likeness (QED) is 0.397. The Bertz CT molecular complexity index is 1030. The van der Waals surface area contributed by atoms with Crippen LogP contribution < -0.4 is 9.47 Å². The Kier molecular flexibility index (Phi) is 6.38. The number of rotatable bonds is 6. The van der Waals surface area contributed by atoms with E-state index in [1.807, 2.05) is 66.9 Å². The van der Waals surface area contributed by atoms with Crippen LogP contribution in [0.25, 0.3) is 5.57 Å². The first-order valence-electron chi connectivity index (χ1n) is 9.79. The van der Waals surface area contributed by atoms with Gasteiger partial charge in [0.2, 0.25) is 0 Å². The van der Waals surface area contributed by atoms with E-state index in [9.17, 15) is 8.78 Å². The van der Waals surface area contributed by atoms with E-state index in [0.29, 0.717) is 30.3 Å². The van der Waals surface area contributed by atoms with E-state index in [-0.39, 0.29) is 17.9 Å². The van der Waals surface area contributed by atoms with Crippen molar-refractivity contribution < 1.29 is 18.3 Å². The minimum Gasteiger partial charge on any atom is -0.486 e. The molecule has 0 bridgehead atoms. The zero-order valence-electron chi connectivity index (χ0n) is 16.6. The van der Waals surface area contributed by atoms with Crippen molar-refractivity contribution in [3.05, 3.63) is 95.6 Å². The molecule has 0 spiro atoms. The first-order chi connectivity index (χ1) is 14.7. The third-order valence-corrected chi connectivity index (χ3v) is 5.99. The molecule has 0 aliphatic carbocycles. The van der Waals surface area contributed by atoms with Crippen LogP contribution in [-0.4, -0.2) is 19.5 Å². The maximum atomic E-state index is 14.1. The van der Waals surface area contributed by atoms with Gasteiger partial charge in [0.25, 0.3) is 6.08 Å². The number of benzene rings is 3. The summed E-state index contributed by atoms with van der Waals surface area (Å²) < 4.78 is 39.5. The molecular formula is C25H22F2O2S. The van der Waals surface area contributed by atoms with Gasteiger partial charge in [-0.15, -0.1) is 11.8 Å². The Labute approximate surface area is 179 Å². The Morgan fingerprint density at radius 1 is 0.867 bits per heavy atom. The van der Waals surface area contributed by atoms with Gasteiger partial charge in [-0.3, -0.25) is 0 Å². The van der Waals surface area contributed by atoms with Crippen LogP contribution in [-0.2, 0) is 0 Å². The predicted octanol–water partition coefficient (Wildman–Crippen LogP) is 7.01. The molecule has 3 aromatic rings. The third-order valence-electron chi connectivity index (χ3n) is 5.25. The standard InChI is InChI=1S/C25H22F2O2S/c1-30-20-10-7-18(8-11-20)22(25(26)27)16-21(17-5-3-2-4-6-17)19-9-12-23-24(15-19)29-14-13-28-23/h2-12,15,21H,13-14,16H2,1H3. The highest BCUT2D eigenvalue weighted by Crippen LogP contribution is 2.40. The number of hydrogen-bond donors (Lipinski definition) is 0. The lowest BCUT2D eigenvalue weighted by molar-refractivity contribution is 0.171. The minimum absolute atomic E-state index is 0.0615. The van der Waals surface area contributed by atoms with Crippen LogP contribution in [0.15, 0.2) is 83.8 Å². The zero-order valence-corrected chi connectivity index (χ0v) is 17.4. The number of ether oxygens (including phenoxy) is 2. The first-order valence-corrected chi connectivity index (χ1v) is 11.0. The molecule has 1 unspecified atom stereocenters. The molecule has 154 valence electrons. The fourth-order valence-corrected chi connectivity index (χ4v) is 4.10. The van der Waals surface area contributed by atoms with E-state index in [1.165, 1.54) is 0 Å². The second-order valence-electron chi connectivity index (χ2n) is 7.04. The summed E-state index contributed by atoms with van der Waals surface area (Å²) >= 11 is 1.59. The smallest absolute Gasteiger partial charge is 0.274 e. The molecule has 0 aromatic heterocycles. The summed E-state index contributed by atoms with van der Waals surface area (Å²) in [6.07, 6.45) is 0.504. The minimum atomic E-state index is -1.65. The van der Waals surface area contributed by atoms with Crippen LogP contribution in [0, 0.1) is 0 Å². The van der Waals surface area contributed by atoms with Gasteiger partial charge in [0, 0.05) is 16.4 Å². The molecule has 4 rings (SSSR count). The van der Waals surface area contributed by atoms with Gasteiger partial charge in [-0.1, -0.05) is 48.5 Å². The summed E-state index contributed by atoms with van der Waals surface area (Å²) in [5.74, 6) is 1.12. The number of hydrogen-bond acceptors (Lipinski definition) is 3. The molecule has 1 atom stereocenters. The van der Waals surface area contributed by atoms with E-state index in [4.69, 9.17) is 9.47 Å². The Morgan fingerprint density at radius 3 is 2.23 bits per heavy atom. The highest BCUT2D eigenvalue weighted by molar-refractivity contribution is 7.98. The van der Waals surface area contributed by atoms with E-state index in [0.717, 1.165) is 16.0 Å². The molecule has 0 saturated heterocycles. The summed E-state index contributed by atoms with van der Waals surface area (Å²) in [4.78, 5) is 1.05. The van der Waals surface area contributed by atoms with Crippen molar-refractivity contribution in [1.29, 1.82) is 0 Å². The SMILES string of the molecule is CSc1ccc(C(CC(c2ccccc2)c2ccc3c(c2)OCCO3)=C(F)F)cc1. The molecule has 2 nitrogen and oxygen atoms in total. The summed E-state index contributed by atoms with van der Waals surface area (Å²) in [6.45, 7) is 0.999. The van der Waals surface area contributed by atoms with Gasteiger partial charge in [0.1, 0.15) is 13.2 Å². The van der Waals surface area contributed by atoms with Crippen LogP contribution >= 0.6 is 11.8 Å². The second kappa shape index (κ2) is 9.35. The molecule has 0 saturated carbocycles. The van der Waals surface area contributed by atoms with Crippen molar-refractivity contribution in [2.45, 2.75) is 17.2 Å². The monoisotopic (exact) mass is 424 g/mol. The highest BCUT2D eigenvalue weighted by atomic mass is 32.2. The maximum absolute atomic E-state index is 14.1. The van der Waals surface area contributed by atoms with Crippen molar-refractivity contribution >= 4 is 17.3 Å². The van der Waals surface area contributed by atoms with Crippen LogP contribution in [0.1, 0.15) is 29.0 Å². The van der Waals surface area contributed by atoms with E-state index in [1.54, 1.807) is 23.9 Å². The molecule has 0 amide bonds. The first kappa shape index (κ1) is 20.5. The van der Waals surface area contributed by atoms with Crippen molar-refractivity contribution in [3.63, 3.8) is 0 Å². The van der Waals surface area contributed by atoms with Gasteiger partial charge >= 0.3 is 0 Å². The second-order valence-corrected chi connectivity index (χ2v) is 7.92. The Hall–Kier alpha value is -2.79. The van der Waals surface area contributed by atoms with Gasteiger partial charge in [-0.05, 0) is 53.6 Å². The average Bonchev–Trinajstić information content (AvgIpc) is 2.80. The molecule has 0 N–H and O–H groups in total. The molecule has 0 radical (unpaired) electrons. The highest BCUT2D eigenvalue weighted by Gasteiger charge is 2.22. The van der Waals surface area contributed by atoms with Gasteiger partial charge in [0.15, 0.2) is 11.5 Å². The Morgan fingerprint density at radius 2 is 1.57 bits per heavy atom. The van der Waals surface area contributed by atoms with Crippen molar-refractivity contribution in [2.75, 3.05) is 19.5 Å². The van der Waals surface area contributed by atoms with E-state index < -0.39 is 6.08 Å². The fourth-order valence-electron chi connectivity index (χ4n) is 3.69. The van der Waals surface area contributed by atoms with Crippen LogP contribution in [0.5, 0.6) is 11.5 Å². The van der Waals surface area contributed by atoms with Crippen LogP contribution in [0.4, 0.5) is 8.78 Å². The normalized spacial score (nSPS) is 13.6. The van der Waals surface area contributed by atoms with Crippen molar-refractivity contribution in [2.24, 2.45) is 0 Å². The van der Waals surface area contributed by atoms with Gasteiger partial charge in [-0.2, -0.15) is 8.78 Å². The summed E-state index contributed by atoms with van der Waals surface area (Å²) in [5.41, 5.74) is 2.51. The topological polar surface area (TPSA) is 18.5 Å². The molecule has 5 heteroatoms. The summed E-state index contributed by atoms with van der Waals surface area (Å²) in [7, 11) is 0. The van der Waals surface area contributed by atoms with Crippen LogP contribution in [0.3, 0.4) is 0 Å². The molecular weight excluding hydrogens is 402 g/mol. The lowest BCUT2D eigenvalue weighted by atomic mass is 9.84. The maximum Gasteiger partial charge on any atom is 0.274 e. The van der Waals surface area contributed by atoms with Crippen LogP contribution in [0.2, 0.25) is 0 Å². The lowest BCUT2D eigenvalue weighted by Crippen LogP contribution is -2.15. The summed E-state index contributed by atoms with van der Waals surface area (Å²) in [6, 6.07) is 22.8. The number of fused-ring (bicyclic) bond motifs is 1. The molecule has 1 aliphatic heterocycles. The zero-order chi connectivity index (χ0) is 20.9. The van der Waals surface area contributed by atoms with Gasteiger partial charge in [-0.25, -0.2) is 0 Å². The molecule has 1 heterocycles. The van der Waals surface area contributed by atoms with Crippen molar-refractivity contribution in [3.8, 4) is 11.5 Å². The number of halogens is 2. The predicted molar refractivity (Wildman–Crippen MR) is 118 cm³/mol. The van der Waals surface area contributed by atoms with E-state index >= 15 is 0 Å². The third kappa shape index (κ3) is 4.51. The average molecular weight is 425 g/mol. The molecule has 1 aliphatic rings. The number of allylic oxidation sites excluding steroid dienone is 1. The van der Waals surface area contributed by atoms with E-state index in [2.05, 4.69) is 0 Å². The molecule has 30 heavy (non-hydrogen) atoms.